The van der Waals surface area contributed by atoms with Crippen molar-refractivity contribution in [1.29, 1.82) is 0 Å². The lowest BCUT2D eigenvalue weighted by atomic mass is 9.73. The van der Waals surface area contributed by atoms with Crippen LogP contribution in [0.3, 0.4) is 0 Å². The Bertz CT molecular complexity index is 784. The highest BCUT2D eigenvalue weighted by molar-refractivity contribution is 7.88. The van der Waals surface area contributed by atoms with E-state index >= 15 is 0 Å². The summed E-state index contributed by atoms with van der Waals surface area (Å²) in [4.78, 5) is 2.34. The smallest absolute Gasteiger partial charge is 0.211 e. The Hall–Kier alpha value is -1.35. The molecular weight excluding hydrogens is 356 g/mol. The van der Waals surface area contributed by atoms with Gasteiger partial charge in [-0.3, -0.25) is 4.90 Å². The maximum absolute atomic E-state index is 11.9. The van der Waals surface area contributed by atoms with E-state index in [0.717, 1.165) is 43.1 Å². The Morgan fingerprint density at radius 1 is 1.23 bits per heavy atom. The fourth-order valence-electron chi connectivity index (χ4n) is 4.40. The number of piperidine rings is 1. The Kier molecular flexibility index (Phi) is 4.63. The van der Waals surface area contributed by atoms with E-state index in [0.29, 0.717) is 26.3 Å². The number of benzene rings is 1. The van der Waals surface area contributed by atoms with Crippen molar-refractivity contribution in [3.63, 3.8) is 0 Å². The first-order valence-electron chi connectivity index (χ1n) is 9.06. The predicted molar refractivity (Wildman–Crippen MR) is 96.8 cm³/mol. The van der Waals surface area contributed by atoms with Gasteiger partial charge in [0.15, 0.2) is 11.5 Å². The second-order valence-electron chi connectivity index (χ2n) is 7.74. The van der Waals surface area contributed by atoms with Crippen LogP contribution in [-0.4, -0.2) is 75.0 Å². The van der Waals surface area contributed by atoms with Gasteiger partial charge in [-0.1, -0.05) is 6.07 Å². The third kappa shape index (κ3) is 3.31. The van der Waals surface area contributed by atoms with Gasteiger partial charge in [0.2, 0.25) is 10.0 Å². The van der Waals surface area contributed by atoms with Gasteiger partial charge in [-0.25, -0.2) is 12.7 Å². The lowest BCUT2D eigenvalue weighted by Crippen LogP contribution is -2.48. The molecule has 144 valence electrons. The molecule has 7 nitrogen and oxygen atoms in total. The fraction of sp³-hybridized carbons (Fsp3) is 0.667. The summed E-state index contributed by atoms with van der Waals surface area (Å²) in [6.07, 6.45) is 2.06. The largest absolute Gasteiger partial charge is 0.486 e. The molecule has 0 radical (unpaired) electrons. The molecule has 2 atom stereocenters. The second kappa shape index (κ2) is 6.67. The molecule has 0 spiro atoms. The predicted octanol–water partition coefficient (Wildman–Crippen LogP) is 0.534. The molecule has 1 aromatic rings. The number of likely N-dealkylation sites (tertiary alicyclic amines) is 1. The van der Waals surface area contributed by atoms with E-state index < -0.39 is 10.0 Å². The molecule has 26 heavy (non-hydrogen) atoms. The summed E-state index contributed by atoms with van der Waals surface area (Å²) in [5, 5.41) is 9.97. The molecule has 3 heterocycles. The standard InChI is InChI=1S/C18H26N2O5S/c1-26(22,23)20-11-15-10-19(5-4-18(15,12-20)13-21)9-14-2-3-16-17(8-14)25-7-6-24-16/h2-3,8,15,21H,4-7,9-13H2,1H3. The summed E-state index contributed by atoms with van der Waals surface area (Å²) in [5.41, 5.74) is 0.857. The van der Waals surface area contributed by atoms with Crippen LogP contribution in [0.2, 0.25) is 0 Å². The molecule has 3 aliphatic heterocycles. The monoisotopic (exact) mass is 382 g/mol. The van der Waals surface area contributed by atoms with Gasteiger partial charge in [-0.15, -0.1) is 0 Å². The van der Waals surface area contributed by atoms with Gasteiger partial charge in [0.1, 0.15) is 13.2 Å². The number of hydrogen-bond donors (Lipinski definition) is 1. The minimum atomic E-state index is -3.22. The van der Waals surface area contributed by atoms with Crippen LogP contribution < -0.4 is 9.47 Å². The summed E-state index contributed by atoms with van der Waals surface area (Å²) >= 11 is 0. The first kappa shape index (κ1) is 18.0. The Morgan fingerprint density at radius 2 is 2.00 bits per heavy atom. The van der Waals surface area contributed by atoms with Gasteiger partial charge in [-0.05, 0) is 36.6 Å². The van der Waals surface area contributed by atoms with Crippen molar-refractivity contribution in [3.8, 4) is 11.5 Å². The molecule has 0 aliphatic carbocycles. The summed E-state index contributed by atoms with van der Waals surface area (Å²) in [7, 11) is -3.22. The van der Waals surface area contributed by atoms with Crippen LogP contribution in [0.15, 0.2) is 18.2 Å². The molecule has 2 unspecified atom stereocenters. The normalized spacial score (nSPS) is 29.5. The molecule has 1 aromatic carbocycles. The Balaban J connectivity index is 1.46. The first-order valence-corrected chi connectivity index (χ1v) is 10.9. The van der Waals surface area contributed by atoms with Crippen molar-refractivity contribution >= 4 is 10.0 Å². The molecule has 0 saturated carbocycles. The number of ether oxygens (including phenoxy) is 2. The van der Waals surface area contributed by atoms with Crippen LogP contribution in [0.5, 0.6) is 11.5 Å². The Labute approximate surface area is 154 Å². The third-order valence-corrected chi connectivity index (χ3v) is 7.20. The summed E-state index contributed by atoms with van der Waals surface area (Å²) < 4.78 is 36.7. The van der Waals surface area contributed by atoms with Gasteiger partial charge in [-0.2, -0.15) is 0 Å². The number of hydrogen-bond acceptors (Lipinski definition) is 6. The summed E-state index contributed by atoms with van der Waals surface area (Å²) in [6, 6.07) is 6.03. The van der Waals surface area contributed by atoms with Crippen molar-refractivity contribution in [2.75, 3.05) is 52.3 Å². The zero-order chi connectivity index (χ0) is 18.4. The minimum absolute atomic E-state index is 0.0432. The molecule has 2 fully saturated rings. The van der Waals surface area contributed by atoms with Crippen molar-refractivity contribution in [2.24, 2.45) is 11.3 Å². The maximum Gasteiger partial charge on any atom is 0.211 e. The number of aliphatic hydroxyl groups excluding tert-OH is 1. The van der Waals surface area contributed by atoms with E-state index in [1.165, 1.54) is 10.6 Å². The van der Waals surface area contributed by atoms with E-state index in [-0.39, 0.29) is 17.9 Å². The van der Waals surface area contributed by atoms with E-state index in [1.807, 2.05) is 12.1 Å². The molecule has 8 heteroatoms. The molecule has 3 aliphatic rings. The average Bonchev–Trinajstić information content (AvgIpc) is 3.01. The van der Waals surface area contributed by atoms with Crippen LogP contribution >= 0.6 is 0 Å². The summed E-state index contributed by atoms with van der Waals surface area (Å²) in [5.74, 6) is 1.74. The highest BCUT2D eigenvalue weighted by Crippen LogP contribution is 2.43. The molecule has 0 amide bonds. The maximum atomic E-state index is 11.9. The quantitative estimate of drug-likeness (QED) is 0.819. The highest BCUT2D eigenvalue weighted by Gasteiger charge is 2.51. The number of aliphatic hydroxyl groups is 1. The van der Waals surface area contributed by atoms with Gasteiger partial charge in [0.05, 0.1) is 12.9 Å². The van der Waals surface area contributed by atoms with E-state index in [1.54, 1.807) is 0 Å². The average molecular weight is 382 g/mol. The minimum Gasteiger partial charge on any atom is -0.486 e. The van der Waals surface area contributed by atoms with Crippen molar-refractivity contribution in [3.05, 3.63) is 23.8 Å². The SMILES string of the molecule is CS(=O)(=O)N1CC2CN(Cc3ccc4c(c3)OCCO4)CCC2(CO)C1. The van der Waals surface area contributed by atoms with Crippen LogP contribution in [0, 0.1) is 11.3 Å². The number of rotatable bonds is 4. The molecule has 0 bridgehead atoms. The van der Waals surface area contributed by atoms with Crippen LogP contribution in [0.1, 0.15) is 12.0 Å². The van der Waals surface area contributed by atoms with Crippen LogP contribution in [0.4, 0.5) is 0 Å². The van der Waals surface area contributed by atoms with Gasteiger partial charge < -0.3 is 14.6 Å². The zero-order valence-electron chi connectivity index (χ0n) is 15.1. The Morgan fingerprint density at radius 3 is 2.73 bits per heavy atom. The van der Waals surface area contributed by atoms with Crippen molar-refractivity contribution in [2.45, 2.75) is 13.0 Å². The lowest BCUT2D eigenvalue weighted by molar-refractivity contribution is 0.0170. The van der Waals surface area contributed by atoms with Crippen molar-refractivity contribution in [1.82, 2.24) is 9.21 Å². The molecule has 1 N–H and O–H groups in total. The second-order valence-corrected chi connectivity index (χ2v) is 9.72. The van der Waals surface area contributed by atoms with Gasteiger partial charge in [0.25, 0.3) is 0 Å². The fourth-order valence-corrected chi connectivity index (χ4v) is 5.34. The van der Waals surface area contributed by atoms with Crippen LogP contribution in [0.25, 0.3) is 0 Å². The summed E-state index contributed by atoms with van der Waals surface area (Å²) in [6.45, 7) is 4.56. The van der Waals surface area contributed by atoms with E-state index in [2.05, 4.69) is 11.0 Å². The number of nitrogens with zero attached hydrogens (tertiary/aromatic N) is 2. The van der Waals surface area contributed by atoms with E-state index in [9.17, 15) is 13.5 Å². The van der Waals surface area contributed by atoms with Gasteiger partial charge >= 0.3 is 0 Å². The number of sulfonamides is 1. The topological polar surface area (TPSA) is 79.3 Å². The molecule has 0 aromatic heterocycles. The zero-order valence-corrected chi connectivity index (χ0v) is 15.9. The van der Waals surface area contributed by atoms with Gasteiger partial charge in [0, 0.05) is 31.6 Å². The first-order chi connectivity index (χ1) is 12.4. The lowest BCUT2D eigenvalue weighted by Gasteiger charge is -2.42. The molecular formula is C18H26N2O5S. The third-order valence-electron chi connectivity index (χ3n) is 5.98. The molecule has 2 saturated heterocycles. The van der Waals surface area contributed by atoms with Crippen LogP contribution in [-0.2, 0) is 16.6 Å². The highest BCUT2D eigenvalue weighted by atomic mass is 32.2. The number of fused-ring (bicyclic) bond motifs is 2. The molecule has 4 rings (SSSR count). The van der Waals surface area contributed by atoms with Crippen molar-refractivity contribution < 1.29 is 23.0 Å². The van der Waals surface area contributed by atoms with E-state index in [4.69, 9.17) is 9.47 Å².